The van der Waals surface area contributed by atoms with E-state index in [9.17, 15) is 0 Å². The third kappa shape index (κ3) is 3.12. The lowest BCUT2D eigenvalue weighted by molar-refractivity contribution is 1.18. The first-order chi connectivity index (χ1) is 21.3. The summed E-state index contributed by atoms with van der Waals surface area (Å²) in [5.74, 6) is 0. The molecule has 10 rings (SSSR count). The van der Waals surface area contributed by atoms with E-state index in [1.54, 1.807) is 0 Å². The second-order valence-electron chi connectivity index (χ2n) is 11.3. The van der Waals surface area contributed by atoms with Gasteiger partial charge in [-0.25, -0.2) is 0 Å². The Hall–Kier alpha value is -5.38. The number of rotatable bonds is 2. The lowest BCUT2D eigenvalue weighted by atomic mass is 10.0. The smallest absolute Gasteiger partial charge is 0.0555 e. The zero-order chi connectivity index (χ0) is 28.1. The van der Waals surface area contributed by atoms with Gasteiger partial charge in [-0.2, -0.15) is 0 Å². The van der Waals surface area contributed by atoms with Crippen molar-refractivity contribution in [1.29, 1.82) is 0 Å². The second kappa shape index (κ2) is 8.57. The van der Waals surface area contributed by atoms with Crippen LogP contribution >= 0.6 is 11.3 Å². The highest BCUT2D eigenvalue weighted by molar-refractivity contribution is 7.25. The predicted molar refractivity (Wildman–Crippen MR) is 186 cm³/mol. The fourth-order valence-corrected chi connectivity index (χ4v) is 8.44. The Kier molecular flexibility index (Phi) is 4.63. The summed E-state index contributed by atoms with van der Waals surface area (Å²) in [4.78, 5) is 0. The molecule has 3 heterocycles. The van der Waals surface area contributed by atoms with Crippen LogP contribution in [0.2, 0.25) is 0 Å². The highest BCUT2D eigenvalue weighted by Gasteiger charge is 2.22. The topological polar surface area (TPSA) is 9.86 Å². The highest BCUT2D eigenvalue weighted by Crippen LogP contribution is 2.45. The van der Waals surface area contributed by atoms with Crippen molar-refractivity contribution in [2.45, 2.75) is 0 Å². The van der Waals surface area contributed by atoms with E-state index in [0.717, 1.165) is 0 Å². The molecule has 3 aromatic heterocycles. The lowest BCUT2D eigenvalue weighted by Crippen LogP contribution is -1.95. The molecule has 7 aromatic carbocycles. The maximum atomic E-state index is 2.50. The van der Waals surface area contributed by atoms with Gasteiger partial charge in [0.15, 0.2) is 0 Å². The van der Waals surface area contributed by atoms with Gasteiger partial charge in [-0.1, -0.05) is 84.9 Å². The summed E-state index contributed by atoms with van der Waals surface area (Å²) in [6, 6.07) is 53.4. The summed E-state index contributed by atoms with van der Waals surface area (Å²) in [6.07, 6.45) is 0. The minimum absolute atomic E-state index is 1.18. The predicted octanol–water partition coefficient (Wildman–Crippen LogP) is 11.4. The van der Waals surface area contributed by atoms with Crippen molar-refractivity contribution in [2.24, 2.45) is 0 Å². The van der Waals surface area contributed by atoms with Crippen LogP contribution in [-0.2, 0) is 0 Å². The number of thiophene rings is 1. The van der Waals surface area contributed by atoms with E-state index in [-0.39, 0.29) is 0 Å². The highest BCUT2D eigenvalue weighted by atomic mass is 32.1. The molecule has 0 aliphatic heterocycles. The second-order valence-corrected chi connectivity index (χ2v) is 12.4. The number of benzene rings is 7. The average Bonchev–Trinajstić information content (AvgIpc) is 3.71. The standard InChI is InChI=1S/C40H24N2S/c1-2-13-27(14-3-1)41-33-21-22-34-39(40(33)30-23-25-11-4-5-12-26(25)24-35(30)41)28-15-6-8-17-31(28)42(34)32-18-10-20-37-38(32)29-16-7-9-19-36(29)43-37/h1-24H. The van der Waals surface area contributed by atoms with E-state index in [0.29, 0.717) is 0 Å². The maximum Gasteiger partial charge on any atom is 0.0555 e. The fourth-order valence-electron chi connectivity index (χ4n) is 7.31. The van der Waals surface area contributed by atoms with Crippen molar-refractivity contribution in [1.82, 2.24) is 9.13 Å². The van der Waals surface area contributed by atoms with E-state index in [1.165, 1.54) is 85.9 Å². The molecule has 0 saturated heterocycles. The van der Waals surface area contributed by atoms with Crippen LogP contribution in [0.4, 0.5) is 0 Å². The Bertz CT molecular complexity index is 2720. The van der Waals surface area contributed by atoms with Crippen molar-refractivity contribution < 1.29 is 0 Å². The largest absolute Gasteiger partial charge is 0.309 e. The molecule has 0 fully saturated rings. The SMILES string of the molecule is c1ccc(-n2c3cc4ccccc4cc3c3c4c5ccccc5n(-c5cccc6sc7ccccc7c56)c4ccc32)cc1. The molecule has 0 saturated carbocycles. The molecular formula is C40H24N2S. The molecule has 0 aliphatic rings. The third-order valence-electron chi connectivity index (χ3n) is 9.07. The Labute approximate surface area is 251 Å². The first-order valence-corrected chi connectivity index (χ1v) is 15.5. The monoisotopic (exact) mass is 564 g/mol. The molecule has 0 spiro atoms. The quantitative estimate of drug-likeness (QED) is 0.198. The Balaban J connectivity index is 1.44. The van der Waals surface area contributed by atoms with Crippen molar-refractivity contribution >= 4 is 85.9 Å². The van der Waals surface area contributed by atoms with Crippen LogP contribution in [0.3, 0.4) is 0 Å². The van der Waals surface area contributed by atoms with Crippen LogP contribution in [-0.4, -0.2) is 9.13 Å². The third-order valence-corrected chi connectivity index (χ3v) is 10.2. The van der Waals surface area contributed by atoms with E-state index >= 15 is 0 Å². The zero-order valence-corrected chi connectivity index (χ0v) is 24.0. The molecule has 0 amide bonds. The molecule has 3 heteroatoms. The van der Waals surface area contributed by atoms with Crippen molar-refractivity contribution in [3.8, 4) is 11.4 Å². The van der Waals surface area contributed by atoms with Crippen LogP contribution in [0.5, 0.6) is 0 Å². The maximum absolute atomic E-state index is 2.50. The van der Waals surface area contributed by atoms with Crippen LogP contribution in [0.15, 0.2) is 146 Å². The van der Waals surface area contributed by atoms with Gasteiger partial charge in [0.1, 0.15) is 0 Å². The van der Waals surface area contributed by atoms with Gasteiger partial charge in [0, 0.05) is 47.4 Å². The number of hydrogen-bond donors (Lipinski definition) is 0. The van der Waals surface area contributed by atoms with Gasteiger partial charge in [0.2, 0.25) is 0 Å². The fraction of sp³-hybridized carbons (Fsp3) is 0. The van der Waals surface area contributed by atoms with Crippen molar-refractivity contribution in [3.05, 3.63) is 146 Å². The number of fused-ring (bicyclic) bond motifs is 11. The van der Waals surface area contributed by atoms with Crippen LogP contribution in [0, 0.1) is 0 Å². The summed E-state index contributed by atoms with van der Waals surface area (Å²) in [6.45, 7) is 0. The van der Waals surface area contributed by atoms with Crippen LogP contribution in [0.1, 0.15) is 0 Å². The number of aromatic nitrogens is 2. The average molecular weight is 565 g/mol. The molecule has 2 nitrogen and oxygen atoms in total. The van der Waals surface area contributed by atoms with E-state index in [2.05, 4.69) is 155 Å². The number of nitrogens with zero attached hydrogens (tertiary/aromatic N) is 2. The molecule has 10 aromatic rings. The van der Waals surface area contributed by atoms with Crippen molar-refractivity contribution in [3.63, 3.8) is 0 Å². The molecule has 200 valence electrons. The first-order valence-electron chi connectivity index (χ1n) is 14.7. The lowest BCUT2D eigenvalue weighted by Gasteiger charge is -2.11. The summed E-state index contributed by atoms with van der Waals surface area (Å²) in [5.41, 5.74) is 7.33. The van der Waals surface area contributed by atoms with Gasteiger partial charge < -0.3 is 9.13 Å². The normalized spacial score (nSPS) is 12.2. The Morgan fingerprint density at radius 1 is 0.372 bits per heavy atom. The van der Waals surface area contributed by atoms with Gasteiger partial charge in [-0.15, -0.1) is 11.3 Å². The first kappa shape index (κ1) is 23.2. The molecule has 0 radical (unpaired) electrons. The zero-order valence-electron chi connectivity index (χ0n) is 23.2. The molecule has 0 bridgehead atoms. The molecule has 0 atom stereocenters. The van der Waals surface area contributed by atoms with Gasteiger partial charge in [0.25, 0.3) is 0 Å². The van der Waals surface area contributed by atoms with Crippen LogP contribution in [0.25, 0.3) is 85.9 Å². The van der Waals surface area contributed by atoms with E-state index in [4.69, 9.17) is 0 Å². The number of hydrogen-bond acceptors (Lipinski definition) is 1. The minimum Gasteiger partial charge on any atom is -0.309 e. The molecule has 43 heavy (non-hydrogen) atoms. The van der Waals surface area contributed by atoms with Gasteiger partial charge in [-0.05, 0) is 71.4 Å². The van der Waals surface area contributed by atoms with Gasteiger partial charge in [-0.3, -0.25) is 0 Å². The van der Waals surface area contributed by atoms with Crippen molar-refractivity contribution in [2.75, 3.05) is 0 Å². The van der Waals surface area contributed by atoms with Gasteiger partial charge in [0.05, 0.1) is 27.8 Å². The molecule has 0 unspecified atom stereocenters. The number of para-hydroxylation sites is 2. The summed E-state index contributed by atoms with van der Waals surface area (Å²) >= 11 is 1.87. The van der Waals surface area contributed by atoms with Crippen LogP contribution < -0.4 is 0 Å². The molecular weight excluding hydrogens is 541 g/mol. The Morgan fingerprint density at radius 3 is 1.88 bits per heavy atom. The molecule has 0 aliphatic carbocycles. The summed E-state index contributed by atoms with van der Waals surface area (Å²) in [5, 5.41) is 10.3. The minimum atomic E-state index is 1.18. The Morgan fingerprint density at radius 2 is 1.02 bits per heavy atom. The molecule has 0 N–H and O–H groups in total. The summed E-state index contributed by atoms with van der Waals surface area (Å²) in [7, 11) is 0. The van der Waals surface area contributed by atoms with E-state index < -0.39 is 0 Å². The summed E-state index contributed by atoms with van der Waals surface area (Å²) < 4.78 is 7.58. The van der Waals surface area contributed by atoms with Gasteiger partial charge >= 0.3 is 0 Å². The van der Waals surface area contributed by atoms with E-state index in [1.807, 2.05) is 11.3 Å².